The molecule has 0 saturated carbocycles. The van der Waals surface area contributed by atoms with Gasteiger partial charge in [-0.2, -0.15) is 0 Å². The van der Waals surface area contributed by atoms with Crippen LogP contribution in [0.1, 0.15) is 17.5 Å². The molecule has 1 unspecified atom stereocenters. The van der Waals surface area contributed by atoms with Crippen LogP contribution in [0.25, 0.3) is 0 Å². The molecule has 1 aliphatic heterocycles. The molecular formula is C20H25N5O. The summed E-state index contributed by atoms with van der Waals surface area (Å²) in [5.74, 6) is 0.871. The van der Waals surface area contributed by atoms with Gasteiger partial charge in [0, 0.05) is 37.7 Å². The number of pyridine rings is 1. The van der Waals surface area contributed by atoms with Gasteiger partial charge < -0.3 is 15.4 Å². The van der Waals surface area contributed by atoms with Gasteiger partial charge in [-0.1, -0.05) is 12.1 Å². The van der Waals surface area contributed by atoms with Crippen LogP contribution in [0.5, 0.6) is 5.75 Å². The lowest BCUT2D eigenvalue weighted by molar-refractivity contribution is 0.279. The van der Waals surface area contributed by atoms with Crippen LogP contribution in [0.4, 0.5) is 0 Å². The van der Waals surface area contributed by atoms with E-state index in [2.05, 4.69) is 22.4 Å². The zero-order valence-electron chi connectivity index (χ0n) is 15.0. The van der Waals surface area contributed by atoms with E-state index in [0.717, 1.165) is 29.0 Å². The van der Waals surface area contributed by atoms with Crippen molar-refractivity contribution in [1.82, 2.24) is 15.2 Å². The van der Waals surface area contributed by atoms with E-state index in [9.17, 15) is 0 Å². The van der Waals surface area contributed by atoms with Crippen molar-refractivity contribution in [3.8, 4) is 5.75 Å². The minimum atomic E-state index is -0.120. The third kappa shape index (κ3) is 4.91. The van der Waals surface area contributed by atoms with Gasteiger partial charge in [0.2, 0.25) is 0 Å². The molecule has 0 fully saturated rings. The van der Waals surface area contributed by atoms with Crippen LogP contribution >= 0.6 is 0 Å². The number of allylic oxidation sites excluding steroid dienone is 1. The SMILES string of the molecule is CN1C=CC(c2ccncc2)=NC1NCc1cccc(OCCCN)c1. The van der Waals surface area contributed by atoms with Gasteiger partial charge in [0.15, 0.2) is 6.29 Å². The first-order valence-electron chi connectivity index (χ1n) is 8.80. The minimum Gasteiger partial charge on any atom is -0.494 e. The fourth-order valence-electron chi connectivity index (χ4n) is 2.65. The van der Waals surface area contributed by atoms with Crippen molar-refractivity contribution in [2.75, 3.05) is 20.2 Å². The molecule has 3 rings (SSSR count). The number of rotatable bonds is 8. The summed E-state index contributed by atoms with van der Waals surface area (Å²) in [6, 6.07) is 12.0. The van der Waals surface area contributed by atoms with Crippen LogP contribution in [0, 0.1) is 0 Å². The summed E-state index contributed by atoms with van der Waals surface area (Å²) in [6.45, 7) is 1.98. The summed E-state index contributed by atoms with van der Waals surface area (Å²) in [5, 5.41) is 3.48. The molecule has 6 heteroatoms. The van der Waals surface area contributed by atoms with E-state index in [1.165, 1.54) is 0 Å². The zero-order chi connectivity index (χ0) is 18.2. The third-order valence-electron chi connectivity index (χ3n) is 4.10. The molecule has 0 radical (unpaired) electrons. The predicted molar refractivity (Wildman–Crippen MR) is 104 cm³/mol. The molecule has 1 aliphatic rings. The molecule has 1 atom stereocenters. The first-order valence-corrected chi connectivity index (χ1v) is 8.80. The topological polar surface area (TPSA) is 75.8 Å². The number of aliphatic imine (C=N–C) groups is 1. The average Bonchev–Trinajstić information content (AvgIpc) is 2.69. The summed E-state index contributed by atoms with van der Waals surface area (Å²) in [7, 11) is 2.01. The molecule has 0 saturated heterocycles. The van der Waals surface area contributed by atoms with Gasteiger partial charge in [-0.15, -0.1) is 0 Å². The first kappa shape index (κ1) is 18.1. The second-order valence-corrected chi connectivity index (χ2v) is 6.12. The second kappa shape index (κ2) is 9.12. The zero-order valence-corrected chi connectivity index (χ0v) is 15.0. The number of aromatic nitrogens is 1. The molecule has 0 amide bonds. The van der Waals surface area contributed by atoms with E-state index in [1.807, 2.05) is 48.5 Å². The van der Waals surface area contributed by atoms with Crippen molar-refractivity contribution in [3.05, 3.63) is 72.2 Å². The van der Waals surface area contributed by atoms with Gasteiger partial charge in [-0.25, -0.2) is 4.99 Å². The third-order valence-corrected chi connectivity index (χ3v) is 4.10. The highest BCUT2D eigenvalue weighted by Gasteiger charge is 2.15. The highest BCUT2D eigenvalue weighted by Crippen LogP contribution is 2.15. The lowest BCUT2D eigenvalue weighted by Crippen LogP contribution is -2.41. The van der Waals surface area contributed by atoms with E-state index in [4.69, 9.17) is 15.5 Å². The second-order valence-electron chi connectivity index (χ2n) is 6.12. The van der Waals surface area contributed by atoms with Gasteiger partial charge in [-0.3, -0.25) is 10.3 Å². The average molecular weight is 351 g/mol. The van der Waals surface area contributed by atoms with Crippen LogP contribution < -0.4 is 15.8 Å². The summed E-state index contributed by atoms with van der Waals surface area (Å²) < 4.78 is 5.71. The van der Waals surface area contributed by atoms with Crippen LogP contribution in [-0.2, 0) is 6.54 Å². The number of benzene rings is 1. The maximum Gasteiger partial charge on any atom is 0.176 e. The van der Waals surface area contributed by atoms with Crippen molar-refractivity contribution >= 4 is 5.71 Å². The summed E-state index contributed by atoms with van der Waals surface area (Å²) in [5.41, 5.74) is 8.66. The van der Waals surface area contributed by atoms with E-state index in [1.54, 1.807) is 12.4 Å². The van der Waals surface area contributed by atoms with Crippen molar-refractivity contribution < 1.29 is 4.74 Å². The van der Waals surface area contributed by atoms with E-state index in [0.29, 0.717) is 19.7 Å². The molecule has 1 aromatic heterocycles. The van der Waals surface area contributed by atoms with Gasteiger partial charge in [0.25, 0.3) is 0 Å². The summed E-state index contributed by atoms with van der Waals surface area (Å²) >= 11 is 0. The van der Waals surface area contributed by atoms with Gasteiger partial charge in [0.05, 0.1) is 12.3 Å². The molecular weight excluding hydrogens is 326 g/mol. The van der Waals surface area contributed by atoms with Crippen molar-refractivity contribution in [2.45, 2.75) is 19.3 Å². The monoisotopic (exact) mass is 351 g/mol. The molecule has 26 heavy (non-hydrogen) atoms. The Labute approximate surface area is 154 Å². The van der Waals surface area contributed by atoms with Crippen LogP contribution in [-0.4, -0.2) is 42.1 Å². The number of ether oxygens (including phenoxy) is 1. The normalized spacial score (nSPS) is 16.5. The predicted octanol–water partition coefficient (Wildman–Crippen LogP) is 2.13. The Morgan fingerprint density at radius 3 is 2.88 bits per heavy atom. The number of nitrogens with two attached hydrogens (primary N) is 1. The number of nitrogens with zero attached hydrogens (tertiary/aromatic N) is 3. The molecule has 0 spiro atoms. The number of nitrogens with one attached hydrogen (secondary N) is 1. The molecule has 2 aromatic rings. The Hall–Kier alpha value is -2.70. The van der Waals surface area contributed by atoms with Gasteiger partial charge in [0.1, 0.15) is 5.75 Å². The smallest absolute Gasteiger partial charge is 0.176 e. The molecule has 136 valence electrons. The summed E-state index contributed by atoms with van der Waals surface area (Å²) in [6.07, 6.45) is 8.34. The Kier molecular flexibility index (Phi) is 6.35. The Balaban J connectivity index is 1.62. The number of hydrogen-bond acceptors (Lipinski definition) is 6. The van der Waals surface area contributed by atoms with Crippen molar-refractivity contribution in [1.29, 1.82) is 0 Å². The lowest BCUT2D eigenvalue weighted by atomic mass is 10.1. The molecule has 6 nitrogen and oxygen atoms in total. The minimum absolute atomic E-state index is 0.120. The van der Waals surface area contributed by atoms with Crippen molar-refractivity contribution in [3.63, 3.8) is 0 Å². The van der Waals surface area contributed by atoms with Crippen LogP contribution in [0.15, 0.2) is 66.1 Å². The molecule has 3 N–H and O–H groups in total. The lowest BCUT2D eigenvalue weighted by Gasteiger charge is -2.28. The summed E-state index contributed by atoms with van der Waals surface area (Å²) in [4.78, 5) is 10.9. The van der Waals surface area contributed by atoms with E-state index >= 15 is 0 Å². The fraction of sp³-hybridized carbons (Fsp3) is 0.300. The molecule has 2 heterocycles. The van der Waals surface area contributed by atoms with E-state index < -0.39 is 0 Å². The van der Waals surface area contributed by atoms with Crippen molar-refractivity contribution in [2.24, 2.45) is 10.7 Å². The molecule has 1 aromatic carbocycles. The van der Waals surface area contributed by atoms with Crippen LogP contribution in [0.3, 0.4) is 0 Å². The first-order chi connectivity index (χ1) is 12.8. The number of hydrogen-bond donors (Lipinski definition) is 2. The Bertz CT molecular complexity index is 760. The highest BCUT2D eigenvalue weighted by molar-refractivity contribution is 6.08. The van der Waals surface area contributed by atoms with Gasteiger partial charge >= 0.3 is 0 Å². The Morgan fingerprint density at radius 2 is 2.08 bits per heavy atom. The molecule has 0 aliphatic carbocycles. The highest BCUT2D eigenvalue weighted by atomic mass is 16.5. The largest absolute Gasteiger partial charge is 0.494 e. The maximum atomic E-state index is 5.71. The van der Waals surface area contributed by atoms with Gasteiger partial charge in [-0.05, 0) is 48.9 Å². The Morgan fingerprint density at radius 1 is 1.23 bits per heavy atom. The fourth-order valence-corrected chi connectivity index (χ4v) is 2.65. The van der Waals surface area contributed by atoms with Crippen LogP contribution in [0.2, 0.25) is 0 Å². The standard InChI is InChI=1S/C20H25N5O/c1-25-12-8-19(17-6-10-22-11-7-17)24-20(25)23-15-16-4-2-5-18(14-16)26-13-3-9-21/h2,4-8,10-12,14,20,23H,3,9,13,15,21H2,1H3. The van der Waals surface area contributed by atoms with E-state index in [-0.39, 0.29) is 6.29 Å². The maximum absolute atomic E-state index is 5.71. The quantitative estimate of drug-likeness (QED) is 0.713. The molecule has 0 bridgehead atoms.